The van der Waals surface area contributed by atoms with Gasteiger partial charge in [0, 0.05) is 21.3 Å². The number of hydrogen-bond acceptors (Lipinski definition) is 5. The molecule has 0 aromatic heterocycles. The van der Waals surface area contributed by atoms with Crippen LogP contribution in [0.1, 0.15) is 13.3 Å². The SMILES string of the molecule is CCC(N=C=S)[Si](OC)(OC)OC. The highest BCUT2D eigenvalue weighted by Gasteiger charge is 2.46. The molecular formula is C7H15NO3SSi. The molecular weight excluding hydrogens is 206 g/mol. The molecule has 0 radical (unpaired) electrons. The number of thiocarbonyl (C=S) groups is 1. The molecule has 0 aromatic rings. The van der Waals surface area contributed by atoms with Crippen LogP contribution < -0.4 is 0 Å². The van der Waals surface area contributed by atoms with E-state index in [1.165, 1.54) is 0 Å². The van der Waals surface area contributed by atoms with Gasteiger partial charge in [0.15, 0.2) is 0 Å². The Labute approximate surface area is 85.3 Å². The Hall–Kier alpha value is -0.103. The normalized spacial score (nSPS) is 13.5. The number of aliphatic imine (C=N–C) groups is 1. The van der Waals surface area contributed by atoms with E-state index in [0.29, 0.717) is 0 Å². The maximum atomic E-state index is 5.26. The van der Waals surface area contributed by atoms with Crippen molar-refractivity contribution in [3.8, 4) is 0 Å². The Morgan fingerprint density at radius 2 is 1.77 bits per heavy atom. The quantitative estimate of drug-likeness (QED) is 0.385. The minimum Gasteiger partial charge on any atom is -0.376 e. The molecule has 0 spiro atoms. The molecule has 0 rings (SSSR count). The van der Waals surface area contributed by atoms with E-state index in [1.807, 2.05) is 6.92 Å². The van der Waals surface area contributed by atoms with Gasteiger partial charge in [0.1, 0.15) is 5.67 Å². The number of rotatable bonds is 6. The highest BCUT2D eigenvalue weighted by Crippen LogP contribution is 2.17. The Morgan fingerprint density at radius 3 is 2.00 bits per heavy atom. The molecule has 0 N–H and O–H groups in total. The van der Waals surface area contributed by atoms with E-state index in [1.54, 1.807) is 21.3 Å². The van der Waals surface area contributed by atoms with E-state index in [2.05, 4.69) is 22.4 Å². The lowest BCUT2D eigenvalue weighted by Crippen LogP contribution is -2.53. The minimum absolute atomic E-state index is 0.162. The van der Waals surface area contributed by atoms with E-state index < -0.39 is 8.80 Å². The van der Waals surface area contributed by atoms with Gasteiger partial charge in [0.2, 0.25) is 0 Å². The van der Waals surface area contributed by atoms with Crippen molar-refractivity contribution < 1.29 is 13.3 Å². The molecule has 0 bridgehead atoms. The molecule has 0 saturated carbocycles. The number of nitrogens with zero attached hydrogens (tertiary/aromatic N) is 1. The third kappa shape index (κ3) is 2.94. The predicted octanol–water partition coefficient (Wildman–Crippen LogP) is 1.29. The molecule has 0 fully saturated rings. The first-order chi connectivity index (χ1) is 6.20. The summed E-state index contributed by atoms with van der Waals surface area (Å²) >= 11 is 4.55. The molecule has 13 heavy (non-hydrogen) atoms. The molecule has 0 heterocycles. The summed E-state index contributed by atoms with van der Waals surface area (Å²) in [5, 5.41) is 2.33. The first kappa shape index (κ1) is 12.9. The summed E-state index contributed by atoms with van der Waals surface area (Å²) in [5.41, 5.74) is -0.162. The van der Waals surface area contributed by atoms with Gasteiger partial charge >= 0.3 is 8.80 Å². The zero-order valence-corrected chi connectivity index (χ0v) is 10.2. The zero-order valence-electron chi connectivity index (χ0n) is 8.36. The Bertz CT molecular complexity index is 184. The summed E-state index contributed by atoms with van der Waals surface area (Å²) in [7, 11) is 2.01. The van der Waals surface area contributed by atoms with Gasteiger partial charge in [-0.15, -0.1) is 0 Å². The summed E-state index contributed by atoms with van der Waals surface area (Å²) in [5.74, 6) is 0. The van der Waals surface area contributed by atoms with Gasteiger partial charge < -0.3 is 13.3 Å². The second kappa shape index (κ2) is 6.37. The van der Waals surface area contributed by atoms with Gasteiger partial charge in [-0.2, -0.15) is 0 Å². The fraction of sp³-hybridized carbons (Fsp3) is 0.857. The zero-order chi connectivity index (χ0) is 10.3. The van der Waals surface area contributed by atoms with Crippen LogP contribution in [0.3, 0.4) is 0 Å². The molecule has 0 aliphatic carbocycles. The average molecular weight is 221 g/mol. The lowest BCUT2D eigenvalue weighted by atomic mass is 10.5. The molecule has 1 unspecified atom stereocenters. The van der Waals surface area contributed by atoms with E-state index in [4.69, 9.17) is 13.3 Å². The largest absolute Gasteiger partial charge is 0.526 e. The summed E-state index contributed by atoms with van der Waals surface area (Å²) in [4.78, 5) is 3.98. The summed E-state index contributed by atoms with van der Waals surface area (Å²) < 4.78 is 15.8. The molecule has 0 aromatic carbocycles. The Balaban J connectivity index is 4.75. The molecule has 0 aliphatic heterocycles. The molecule has 0 amide bonds. The third-order valence-corrected chi connectivity index (χ3v) is 5.02. The van der Waals surface area contributed by atoms with Crippen LogP contribution in [0.2, 0.25) is 0 Å². The van der Waals surface area contributed by atoms with Crippen molar-refractivity contribution in [3.05, 3.63) is 0 Å². The molecule has 0 saturated heterocycles. The van der Waals surface area contributed by atoms with Gasteiger partial charge in [-0.1, -0.05) is 6.92 Å². The molecule has 1 atom stereocenters. The van der Waals surface area contributed by atoms with Crippen LogP contribution in [0.4, 0.5) is 0 Å². The van der Waals surface area contributed by atoms with Crippen LogP contribution >= 0.6 is 12.2 Å². The van der Waals surface area contributed by atoms with E-state index in [9.17, 15) is 0 Å². The van der Waals surface area contributed by atoms with Crippen LogP contribution in [0.25, 0.3) is 0 Å². The summed E-state index contributed by atoms with van der Waals surface area (Å²) in [6.07, 6.45) is 0.755. The predicted molar refractivity (Wildman–Crippen MR) is 55.9 cm³/mol. The van der Waals surface area contributed by atoms with Crippen LogP contribution in [-0.4, -0.2) is 41.0 Å². The molecule has 6 heteroatoms. The van der Waals surface area contributed by atoms with Gasteiger partial charge in [-0.25, -0.2) is 4.99 Å². The van der Waals surface area contributed by atoms with Gasteiger partial charge in [0.05, 0.1) is 5.16 Å². The first-order valence-corrected chi connectivity index (χ1v) is 6.14. The fourth-order valence-corrected chi connectivity index (χ4v) is 3.40. The topological polar surface area (TPSA) is 40.0 Å². The number of isothiocyanates is 1. The maximum absolute atomic E-state index is 5.26. The van der Waals surface area contributed by atoms with Crippen LogP contribution in [-0.2, 0) is 13.3 Å². The summed E-state index contributed by atoms with van der Waals surface area (Å²) in [6, 6.07) is 0. The van der Waals surface area contributed by atoms with Gasteiger partial charge in [-0.3, -0.25) is 0 Å². The van der Waals surface area contributed by atoms with Crippen molar-refractivity contribution in [3.63, 3.8) is 0 Å². The van der Waals surface area contributed by atoms with E-state index in [-0.39, 0.29) is 5.67 Å². The molecule has 76 valence electrons. The van der Waals surface area contributed by atoms with E-state index in [0.717, 1.165) is 6.42 Å². The lowest BCUT2D eigenvalue weighted by molar-refractivity contribution is 0.112. The molecule has 0 aliphatic rings. The van der Waals surface area contributed by atoms with E-state index >= 15 is 0 Å². The first-order valence-electron chi connectivity index (χ1n) is 3.93. The van der Waals surface area contributed by atoms with Crippen LogP contribution in [0.15, 0.2) is 4.99 Å². The van der Waals surface area contributed by atoms with Crippen molar-refractivity contribution in [1.29, 1.82) is 0 Å². The highest BCUT2D eigenvalue weighted by molar-refractivity contribution is 7.78. The van der Waals surface area contributed by atoms with Crippen molar-refractivity contribution in [1.82, 2.24) is 0 Å². The minimum atomic E-state index is -2.66. The van der Waals surface area contributed by atoms with Gasteiger partial charge in [-0.05, 0) is 18.6 Å². The highest BCUT2D eigenvalue weighted by atomic mass is 32.1. The summed E-state index contributed by atoms with van der Waals surface area (Å²) in [6.45, 7) is 1.97. The standard InChI is InChI=1S/C7H15NO3SSi/c1-5-7(8-6-12)13(9-2,10-3)11-4/h7H,5H2,1-4H3. The lowest BCUT2D eigenvalue weighted by Gasteiger charge is -2.28. The van der Waals surface area contributed by atoms with Crippen molar-refractivity contribution in [2.45, 2.75) is 19.0 Å². The fourth-order valence-electron chi connectivity index (χ4n) is 1.14. The van der Waals surface area contributed by atoms with Crippen LogP contribution in [0, 0.1) is 0 Å². The maximum Gasteiger partial charge on any atom is 0.526 e. The molecule has 4 nitrogen and oxygen atoms in total. The second-order valence-electron chi connectivity index (χ2n) is 2.36. The van der Waals surface area contributed by atoms with Crippen LogP contribution in [0.5, 0.6) is 0 Å². The smallest absolute Gasteiger partial charge is 0.376 e. The Kier molecular flexibility index (Phi) is 6.32. The third-order valence-electron chi connectivity index (χ3n) is 1.86. The number of hydrogen-bond donors (Lipinski definition) is 0. The van der Waals surface area contributed by atoms with Gasteiger partial charge in [0.25, 0.3) is 0 Å². The van der Waals surface area contributed by atoms with Crippen molar-refractivity contribution >= 4 is 26.2 Å². The van der Waals surface area contributed by atoms with Crippen molar-refractivity contribution in [2.75, 3.05) is 21.3 Å². The van der Waals surface area contributed by atoms with Crippen molar-refractivity contribution in [2.24, 2.45) is 4.99 Å². The Morgan fingerprint density at radius 1 is 1.31 bits per heavy atom. The second-order valence-corrected chi connectivity index (χ2v) is 5.64. The average Bonchev–Trinajstić information content (AvgIpc) is 2.19. The monoisotopic (exact) mass is 221 g/mol.